The van der Waals surface area contributed by atoms with E-state index in [9.17, 15) is 14.4 Å². The maximum absolute atomic E-state index is 13.0. The Morgan fingerprint density at radius 2 is 1.93 bits per heavy atom. The number of benzene rings is 2. The highest BCUT2D eigenvalue weighted by Crippen LogP contribution is 2.37. The molecular formula is C21H21N3O5. The van der Waals surface area contributed by atoms with Crippen molar-refractivity contribution in [3.63, 3.8) is 0 Å². The van der Waals surface area contributed by atoms with Crippen molar-refractivity contribution in [1.29, 1.82) is 0 Å². The topological polar surface area (TPSA) is 97.0 Å². The normalized spacial score (nSPS) is 20.0. The first kappa shape index (κ1) is 18.8. The van der Waals surface area contributed by atoms with Crippen LogP contribution in [0.5, 0.6) is 11.5 Å². The molecule has 2 aliphatic heterocycles. The number of hydrogen-bond acceptors (Lipinski definition) is 5. The van der Waals surface area contributed by atoms with E-state index in [1.54, 1.807) is 31.2 Å². The van der Waals surface area contributed by atoms with Crippen LogP contribution in [-0.4, -0.2) is 36.1 Å². The minimum Gasteiger partial charge on any atom is -0.454 e. The number of aryl methyl sites for hydroxylation is 1. The highest BCUT2D eigenvalue weighted by molar-refractivity contribution is 6.10. The number of amides is 4. The molecule has 0 saturated carbocycles. The molecule has 0 unspecified atom stereocenters. The zero-order chi connectivity index (χ0) is 20.8. The zero-order valence-corrected chi connectivity index (χ0v) is 16.4. The monoisotopic (exact) mass is 395 g/mol. The summed E-state index contributed by atoms with van der Waals surface area (Å²) in [6.45, 7) is 5.18. The number of anilines is 1. The lowest BCUT2D eigenvalue weighted by molar-refractivity contribution is -0.133. The van der Waals surface area contributed by atoms with Crippen molar-refractivity contribution in [2.75, 3.05) is 18.7 Å². The van der Waals surface area contributed by atoms with Gasteiger partial charge in [-0.1, -0.05) is 18.2 Å². The average molecular weight is 395 g/mol. The molecule has 4 rings (SSSR count). The smallest absolute Gasteiger partial charge is 0.325 e. The van der Waals surface area contributed by atoms with Gasteiger partial charge in [-0.25, -0.2) is 4.79 Å². The number of hydrogen-bond donors (Lipinski definition) is 2. The summed E-state index contributed by atoms with van der Waals surface area (Å²) >= 11 is 0. The molecule has 0 radical (unpaired) electrons. The van der Waals surface area contributed by atoms with E-state index < -0.39 is 23.4 Å². The molecule has 0 aromatic heterocycles. The van der Waals surface area contributed by atoms with Crippen LogP contribution >= 0.6 is 0 Å². The van der Waals surface area contributed by atoms with Crippen LogP contribution in [0.2, 0.25) is 0 Å². The van der Waals surface area contributed by atoms with Gasteiger partial charge in [0.05, 0.1) is 0 Å². The molecule has 0 bridgehead atoms. The lowest BCUT2D eigenvalue weighted by atomic mass is 9.91. The molecule has 1 fully saturated rings. The lowest BCUT2D eigenvalue weighted by Gasteiger charge is -2.22. The van der Waals surface area contributed by atoms with E-state index in [0.717, 1.165) is 16.0 Å². The fourth-order valence-electron chi connectivity index (χ4n) is 3.46. The lowest BCUT2D eigenvalue weighted by Crippen LogP contribution is -2.42. The predicted molar refractivity (Wildman–Crippen MR) is 105 cm³/mol. The molecule has 2 aliphatic rings. The van der Waals surface area contributed by atoms with Crippen molar-refractivity contribution in [2.45, 2.75) is 26.3 Å². The van der Waals surface area contributed by atoms with Gasteiger partial charge in [-0.3, -0.25) is 14.5 Å². The fraction of sp³-hybridized carbons (Fsp3) is 0.286. The SMILES string of the molecule is Cc1cccc(NC(=O)CN2C(=O)N[C@@](C)(c3ccc4c(c3)OCO4)C2=O)c1C. The number of carbonyl (C=O) groups is 3. The summed E-state index contributed by atoms with van der Waals surface area (Å²) in [5.41, 5.74) is 1.88. The Labute approximate surface area is 167 Å². The van der Waals surface area contributed by atoms with E-state index in [4.69, 9.17) is 9.47 Å². The second kappa shape index (κ2) is 6.80. The number of fused-ring (bicyclic) bond motifs is 1. The number of nitrogens with zero attached hydrogens (tertiary/aromatic N) is 1. The van der Waals surface area contributed by atoms with Crippen LogP contribution in [0.3, 0.4) is 0 Å². The molecular weight excluding hydrogens is 374 g/mol. The molecule has 1 atom stereocenters. The van der Waals surface area contributed by atoms with Crippen molar-refractivity contribution in [3.05, 3.63) is 53.1 Å². The minimum atomic E-state index is -1.29. The van der Waals surface area contributed by atoms with Crippen molar-refractivity contribution in [2.24, 2.45) is 0 Å². The van der Waals surface area contributed by atoms with E-state index in [0.29, 0.717) is 22.7 Å². The number of rotatable bonds is 4. The average Bonchev–Trinajstić information content (AvgIpc) is 3.24. The first-order valence-electron chi connectivity index (χ1n) is 9.20. The second-order valence-electron chi connectivity index (χ2n) is 7.31. The largest absolute Gasteiger partial charge is 0.454 e. The molecule has 2 aromatic carbocycles. The van der Waals surface area contributed by atoms with Crippen LogP contribution in [0, 0.1) is 13.8 Å². The Morgan fingerprint density at radius 1 is 1.17 bits per heavy atom. The van der Waals surface area contributed by atoms with Gasteiger partial charge < -0.3 is 20.1 Å². The van der Waals surface area contributed by atoms with Crippen LogP contribution in [0.15, 0.2) is 36.4 Å². The van der Waals surface area contributed by atoms with E-state index in [1.165, 1.54) is 0 Å². The van der Waals surface area contributed by atoms with Gasteiger partial charge in [-0.15, -0.1) is 0 Å². The Kier molecular flexibility index (Phi) is 4.41. The Morgan fingerprint density at radius 3 is 2.72 bits per heavy atom. The Hall–Kier alpha value is -3.55. The molecule has 8 nitrogen and oxygen atoms in total. The summed E-state index contributed by atoms with van der Waals surface area (Å²) in [5, 5.41) is 5.46. The van der Waals surface area contributed by atoms with Crippen LogP contribution in [-0.2, 0) is 15.1 Å². The van der Waals surface area contributed by atoms with Gasteiger partial charge in [0.25, 0.3) is 5.91 Å². The van der Waals surface area contributed by atoms with Crippen molar-refractivity contribution >= 4 is 23.5 Å². The van der Waals surface area contributed by atoms with E-state index >= 15 is 0 Å². The Balaban J connectivity index is 1.52. The van der Waals surface area contributed by atoms with E-state index in [2.05, 4.69) is 10.6 Å². The molecule has 0 spiro atoms. The first-order valence-corrected chi connectivity index (χ1v) is 9.20. The van der Waals surface area contributed by atoms with Gasteiger partial charge in [0.2, 0.25) is 12.7 Å². The molecule has 150 valence electrons. The maximum Gasteiger partial charge on any atom is 0.325 e. The summed E-state index contributed by atoms with van der Waals surface area (Å²) in [4.78, 5) is 38.9. The number of carbonyl (C=O) groups excluding carboxylic acids is 3. The molecule has 0 aliphatic carbocycles. The molecule has 1 saturated heterocycles. The van der Waals surface area contributed by atoms with Gasteiger partial charge in [0.1, 0.15) is 12.1 Å². The third kappa shape index (κ3) is 3.16. The minimum absolute atomic E-state index is 0.112. The second-order valence-corrected chi connectivity index (χ2v) is 7.31. The van der Waals surface area contributed by atoms with Gasteiger partial charge in [0.15, 0.2) is 11.5 Å². The molecule has 4 amide bonds. The van der Waals surface area contributed by atoms with Crippen molar-refractivity contribution < 1.29 is 23.9 Å². The number of ether oxygens (including phenoxy) is 2. The summed E-state index contributed by atoms with van der Waals surface area (Å²) in [6, 6.07) is 10.0. The summed E-state index contributed by atoms with van der Waals surface area (Å²) in [6.07, 6.45) is 0. The third-order valence-electron chi connectivity index (χ3n) is 5.41. The number of nitrogens with one attached hydrogen (secondary N) is 2. The maximum atomic E-state index is 13.0. The summed E-state index contributed by atoms with van der Waals surface area (Å²) in [5.74, 6) is 0.144. The van der Waals surface area contributed by atoms with E-state index in [1.807, 2.05) is 26.0 Å². The van der Waals surface area contributed by atoms with Crippen LogP contribution < -0.4 is 20.1 Å². The molecule has 8 heteroatoms. The third-order valence-corrected chi connectivity index (χ3v) is 5.41. The highest BCUT2D eigenvalue weighted by atomic mass is 16.7. The van der Waals surface area contributed by atoms with Crippen molar-refractivity contribution in [3.8, 4) is 11.5 Å². The quantitative estimate of drug-likeness (QED) is 0.775. The highest BCUT2D eigenvalue weighted by Gasteiger charge is 2.49. The zero-order valence-electron chi connectivity index (χ0n) is 16.4. The van der Waals surface area contributed by atoms with Gasteiger partial charge >= 0.3 is 6.03 Å². The Bertz CT molecular complexity index is 1030. The van der Waals surface area contributed by atoms with Gasteiger partial charge in [0, 0.05) is 5.69 Å². The standard InChI is InChI=1S/C21H21N3O5/c1-12-5-4-6-15(13(12)2)22-18(25)10-24-19(26)21(3,23-20(24)27)14-7-8-16-17(9-14)29-11-28-16/h4-9H,10-11H2,1-3H3,(H,22,25)(H,23,27)/t21-/m0/s1. The molecule has 29 heavy (non-hydrogen) atoms. The first-order chi connectivity index (χ1) is 13.8. The number of imide groups is 1. The van der Waals surface area contributed by atoms with Crippen LogP contribution in [0.25, 0.3) is 0 Å². The van der Waals surface area contributed by atoms with Gasteiger partial charge in [-0.05, 0) is 55.7 Å². The van der Waals surface area contributed by atoms with Crippen LogP contribution in [0.1, 0.15) is 23.6 Å². The molecule has 2 aromatic rings. The predicted octanol–water partition coefficient (Wildman–Crippen LogP) is 2.44. The summed E-state index contributed by atoms with van der Waals surface area (Å²) in [7, 11) is 0. The number of urea groups is 1. The summed E-state index contributed by atoms with van der Waals surface area (Å²) < 4.78 is 10.6. The fourth-order valence-corrected chi connectivity index (χ4v) is 3.46. The van der Waals surface area contributed by atoms with E-state index in [-0.39, 0.29) is 13.3 Å². The van der Waals surface area contributed by atoms with Crippen LogP contribution in [0.4, 0.5) is 10.5 Å². The molecule has 2 heterocycles. The van der Waals surface area contributed by atoms with Crippen molar-refractivity contribution in [1.82, 2.24) is 10.2 Å². The molecule has 2 N–H and O–H groups in total. The van der Waals surface area contributed by atoms with Gasteiger partial charge in [-0.2, -0.15) is 0 Å².